The number of hydrogen-bond acceptors (Lipinski definition) is 5. The molecule has 1 amide bonds. The molecule has 0 aliphatic carbocycles. The summed E-state index contributed by atoms with van der Waals surface area (Å²) in [5.41, 5.74) is 0.789. The van der Waals surface area contributed by atoms with Crippen LogP contribution in [0, 0.1) is 0 Å². The van der Waals surface area contributed by atoms with E-state index in [-0.39, 0.29) is 5.91 Å². The van der Waals surface area contributed by atoms with Crippen molar-refractivity contribution >= 4 is 27.7 Å². The fourth-order valence-electron chi connectivity index (χ4n) is 2.63. The van der Waals surface area contributed by atoms with Crippen LogP contribution in [-0.2, 0) is 10.1 Å². The van der Waals surface area contributed by atoms with Gasteiger partial charge in [0, 0.05) is 18.5 Å². The Bertz CT molecular complexity index is 729. The molecule has 1 saturated heterocycles. The first kappa shape index (κ1) is 15.9. The Hall–Kier alpha value is -2.02. The molecule has 6 nitrogen and oxygen atoms in total. The second kappa shape index (κ2) is 6.62. The lowest BCUT2D eigenvalue weighted by Gasteiger charge is -2.14. The zero-order chi connectivity index (χ0) is 16.4. The van der Waals surface area contributed by atoms with Crippen LogP contribution in [0.1, 0.15) is 18.7 Å². The predicted octanol–water partition coefficient (Wildman–Crippen LogP) is 3.38. The molecule has 1 fully saturated rings. The minimum Gasteiger partial charge on any atom is -0.493 e. The Morgan fingerprint density at radius 1 is 1.30 bits per heavy atom. The lowest BCUT2D eigenvalue weighted by atomic mass is 10.1. The van der Waals surface area contributed by atoms with Crippen LogP contribution >= 0.6 is 15.9 Å². The van der Waals surface area contributed by atoms with Gasteiger partial charge in [0.2, 0.25) is 11.8 Å². The van der Waals surface area contributed by atoms with E-state index in [0.717, 1.165) is 12.0 Å². The van der Waals surface area contributed by atoms with Gasteiger partial charge in [-0.25, -0.2) is 0 Å². The van der Waals surface area contributed by atoms with Crippen molar-refractivity contribution in [3.05, 3.63) is 24.1 Å². The third-order valence-electron chi connectivity index (χ3n) is 3.74. The number of nitrogens with zero attached hydrogens (tertiary/aromatic N) is 2. The summed E-state index contributed by atoms with van der Waals surface area (Å²) < 4.78 is 16.4. The van der Waals surface area contributed by atoms with Gasteiger partial charge in [0.25, 0.3) is 0 Å². The van der Waals surface area contributed by atoms with Gasteiger partial charge >= 0.3 is 0 Å². The second-order valence-corrected chi connectivity index (χ2v) is 5.67. The van der Waals surface area contributed by atoms with E-state index in [0.29, 0.717) is 47.3 Å². The summed E-state index contributed by atoms with van der Waals surface area (Å²) in [6.45, 7) is 0.660. The third kappa shape index (κ3) is 2.93. The molecule has 0 atom stereocenters. The van der Waals surface area contributed by atoms with E-state index in [1.807, 2.05) is 12.1 Å². The summed E-state index contributed by atoms with van der Waals surface area (Å²) in [5.74, 6) is 2.96. The maximum atomic E-state index is 12.1. The summed E-state index contributed by atoms with van der Waals surface area (Å²) in [6.07, 6.45) is 1.38. The third-order valence-corrected chi connectivity index (χ3v) is 4.22. The Balaban J connectivity index is 2.08. The Kier molecular flexibility index (Phi) is 4.56. The first-order chi connectivity index (χ1) is 11.2. The number of halogens is 1. The molecule has 0 N–H and O–H groups in total. The van der Waals surface area contributed by atoms with E-state index in [2.05, 4.69) is 20.9 Å². The number of carbonyl (C=O) groups excluding carboxylic acids is 1. The summed E-state index contributed by atoms with van der Waals surface area (Å²) >= 11 is 3.35. The first-order valence-corrected chi connectivity index (χ1v) is 8.38. The number of benzene rings is 1. The fraction of sp³-hybridized carbons (Fsp3) is 0.375. The number of hydrogen-bond donors (Lipinski definition) is 0. The first-order valence-electron chi connectivity index (χ1n) is 7.26. The largest absolute Gasteiger partial charge is 0.493 e. The molecular formula is C16H17BrN2O4. The fourth-order valence-corrected chi connectivity index (χ4v) is 2.87. The van der Waals surface area contributed by atoms with Crippen molar-refractivity contribution in [1.82, 2.24) is 4.98 Å². The Labute approximate surface area is 142 Å². The van der Waals surface area contributed by atoms with Gasteiger partial charge in [-0.2, -0.15) is 4.98 Å². The normalized spacial score (nSPS) is 14.4. The molecule has 3 rings (SSSR count). The van der Waals surface area contributed by atoms with Crippen LogP contribution in [0.4, 0.5) is 5.82 Å². The molecule has 0 unspecified atom stereocenters. The van der Waals surface area contributed by atoms with Gasteiger partial charge in [0.1, 0.15) is 0 Å². The molecule has 1 aliphatic heterocycles. The highest BCUT2D eigenvalue weighted by atomic mass is 79.9. The zero-order valence-electron chi connectivity index (χ0n) is 13.0. The van der Waals surface area contributed by atoms with Crippen molar-refractivity contribution in [2.75, 3.05) is 25.7 Å². The topological polar surface area (TPSA) is 64.8 Å². The number of aromatic nitrogens is 1. The summed E-state index contributed by atoms with van der Waals surface area (Å²) in [7, 11) is 3.17. The quantitative estimate of drug-likeness (QED) is 0.743. The molecule has 23 heavy (non-hydrogen) atoms. The number of ether oxygens (including phenoxy) is 2. The number of anilines is 1. The van der Waals surface area contributed by atoms with Gasteiger partial charge in [-0.1, -0.05) is 15.9 Å². The molecule has 2 heterocycles. The predicted molar refractivity (Wildman–Crippen MR) is 89.3 cm³/mol. The molecule has 1 aromatic carbocycles. The average molecular weight is 381 g/mol. The average Bonchev–Trinajstić information content (AvgIpc) is 3.19. The van der Waals surface area contributed by atoms with E-state index in [1.165, 1.54) is 0 Å². The van der Waals surface area contributed by atoms with Gasteiger partial charge in [0.15, 0.2) is 23.1 Å². The van der Waals surface area contributed by atoms with Crippen molar-refractivity contribution in [2.45, 2.75) is 18.2 Å². The maximum Gasteiger partial charge on any atom is 0.228 e. The molecule has 7 heteroatoms. The minimum atomic E-state index is 0.0705. The van der Waals surface area contributed by atoms with Crippen LogP contribution in [0.3, 0.4) is 0 Å². The van der Waals surface area contributed by atoms with Gasteiger partial charge in [0.05, 0.1) is 19.5 Å². The van der Waals surface area contributed by atoms with E-state index >= 15 is 0 Å². The van der Waals surface area contributed by atoms with Crippen LogP contribution in [-0.4, -0.2) is 31.7 Å². The number of oxazole rings is 1. The van der Waals surface area contributed by atoms with Crippen molar-refractivity contribution in [3.8, 4) is 22.8 Å². The summed E-state index contributed by atoms with van der Waals surface area (Å²) in [5, 5.41) is 0.481. The lowest BCUT2D eigenvalue weighted by molar-refractivity contribution is -0.117. The Morgan fingerprint density at radius 2 is 2.09 bits per heavy atom. The lowest BCUT2D eigenvalue weighted by Crippen LogP contribution is -2.24. The van der Waals surface area contributed by atoms with Gasteiger partial charge in [-0.15, -0.1) is 0 Å². The van der Waals surface area contributed by atoms with Gasteiger partial charge in [-0.3, -0.25) is 9.69 Å². The Morgan fingerprint density at radius 3 is 2.70 bits per heavy atom. The van der Waals surface area contributed by atoms with E-state index in [1.54, 1.807) is 25.2 Å². The highest BCUT2D eigenvalue weighted by Gasteiger charge is 2.29. The standard InChI is InChI=1S/C16H17BrN2O4/c1-21-11-6-5-10(8-12(11)22-2)15-16(18-13(9-17)23-15)19-7-3-4-14(19)20/h5-6,8H,3-4,7,9H2,1-2H3. The smallest absolute Gasteiger partial charge is 0.228 e. The molecule has 122 valence electrons. The monoisotopic (exact) mass is 380 g/mol. The highest BCUT2D eigenvalue weighted by molar-refractivity contribution is 9.08. The van der Waals surface area contributed by atoms with Crippen molar-refractivity contribution in [3.63, 3.8) is 0 Å². The zero-order valence-corrected chi connectivity index (χ0v) is 14.6. The molecule has 1 aliphatic rings. The van der Waals surface area contributed by atoms with Crippen LogP contribution in [0.15, 0.2) is 22.6 Å². The maximum absolute atomic E-state index is 12.1. The van der Waals surface area contributed by atoms with Crippen LogP contribution in [0.5, 0.6) is 11.5 Å². The van der Waals surface area contributed by atoms with Crippen molar-refractivity contribution < 1.29 is 18.7 Å². The summed E-state index contributed by atoms with van der Waals surface area (Å²) in [4.78, 5) is 18.2. The van der Waals surface area contributed by atoms with Crippen LogP contribution in [0.2, 0.25) is 0 Å². The summed E-state index contributed by atoms with van der Waals surface area (Å²) in [6, 6.07) is 5.49. The highest BCUT2D eigenvalue weighted by Crippen LogP contribution is 2.38. The van der Waals surface area contributed by atoms with Gasteiger partial charge < -0.3 is 13.9 Å². The molecule has 0 spiro atoms. The van der Waals surface area contributed by atoms with Crippen molar-refractivity contribution in [1.29, 1.82) is 0 Å². The van der Waals surface area contributed by atoms with E-state index < -0.39 is 0 Å². The molecule has 1 aromatic heterocycles. The van der Waals surface area contributed by atoms with Crippen LogP contribution < -0.4 is 14.4 Å². The van der Waals surface area contributed by atoms with Gasteiger partial charge in [-0.05, 0) is 24.6 Å². The molecule has 0 bridgehead atoms. The molecule has 0 radical (unpaired) electrons. The van der Waals surface area contributed by atoms with E-state index in [4.69, 9.17) is 13.9 Å². The SMILES string of the molecule is COc1ccc(-c2oc(CBr)nc2N2CCCC2=O)cc1OC. The molecule has 2 aromatic rings. The van der Waals surface area contributed by atoms with E-state index in [9.17, 15) is 4.79 Å². The second-order valence-electron chi connectivity index (χ2n) is 5.11. The number of carbonyl (C=O) groups is 1. The number of alkyl halides is 1. The molecule has 0 saturated carbocycles. The number of methoxy groups -OCH3 is 2. The molecular weight excluding hydrogens is 364 g/mol. The van der Waals surface area contributed by atoms with Crippen LogP contribution in [0.25, 0.3) is 11.3 Å². The number of rotatable bonds is 5. The van der Waals surface area contributed by atoms with Crippen molar-refractivity contribution in [2.24, 2.45) is 0 Å². The minimum absolute atomic E-state index is 0.0705. The number of amides is 1.